The molecule has 2 heterocycles. The molecule has 1 atom stereocenters. The van der Waals surface area contributed by atoms with E-state index in [0.717, 1.165) is 22.5 Å². The van der Waals surface area contributed by atoms with E-state index in [9.17, 15) is 9.90 Å². The number of aliphatic hydroxyl groups excluding tert-OH is 1. The lowest BCUT2D eigenvalue weighted by atomic mass is 10.1. The summed E-state index contributed by atoms with van der Waals surface area (Å²) < 4.78 is 5.53. The second-order valence-corrected chi connectivity index (χ2v) is 9.19. The number of aromatic nitrogens is 2. The van der Waals surface area contributed by atoms with E-state index in [0.29, 0.717) is 36.8 Å². The van der Waals surface area contributed by atoms with Crippen LogP contribution in [-0.2, 0) is 11.3 Å². The van der Waals surface area contributed by atoms with Crippen LogP contribution in [0.1, 0.15) is 33.5 Å². The number of H-pyrrole nitrogens is 1. The lowest BCUT2D eigenvalue weighted by Gasteiger charge is -2.26. The second-order valence-electron chi connectivity index (χ2n) is 8.33. The van der Waals surface area contributed by atoms with Crippen LogP contribution in [0, 0.1) is 5.92 Å². The standard InChI is InChI=1S/C23H31N3O3S/c1-15(2)10-26(11-18(27)13-29-16(3)4)12-20-24-22(28)21-19(14-30-23(21)25-20)17-8-6-5-7-9-17/h5-9,14-16,18,27H,10-13H2,1-4H3,(H,24,25,28). The van der Waals surface area contributed by atoms with Crippen LogP contribution in [0.25, 0.3) is 21.3 Å². The third-order valence-electron chi connectivity index (χ3n) is 4.67. The highest BCUT2D eigenvalue weighted by molar-refractivity contribution is 7.17. The molecule has 0 saturated heterocycles. The summed E-state index contributed by atoms with van der Waals surface area (Å²) in [5, 5.41) is 13.0. The first kappa shape index (κ1) is 22.6. The number of hydrogen-bond acceptors (Lipinski definition) is 6. The van der Waals surface area contributed by atoms with Gasteiger partial charge in [0.25, 0.3) is 5.56 Å². The molecule has 1 unspecified atom stereocenters. The van der Waals surface area contributed by atoms with Crippen molar-refractivity contribution in [2.45, 2.75) is 46.4 Å². The maximum absolute atomic E-state index is 12.9. The van der Waals surface area contributed by atoms with Gasteiger partial charge in [-0.1, -0.05) is 44.2 Å². The largest absolute Gasteiger partial charge is 0.389 e. The summed E-state index contributed by atoms with van der Waals surface area (Å²) in [7, 11) is 0. The molecule has 2 aromatic heterocycles. The molecule has 3 rings (SSSR count). The Morgan fingerprint density at radius 2 is 1.90 bits per heavy atom. The molecule has 0 bridgehead atoms. The van der Waals surface area contributed by atoms with Crippen molar-refractivity contribution >= 4 is 21.6 Å². The van der Waals surface area contributed by atoms with Gasteiger partial charge < -0.3 is 14.8 Å². The number of aliphatic hydroxyl groups is 1. The molecule has 0 aliphatic rings. The quantitative estimate of drug-likeness (QED) is 0.511. The number of aromatic amines is 1. The number of thiophene rings is 1. The van der Waals surface area contributed by atoms with Gasteiger partial charge in [-0.05, 0) is 25.3 Å². The first-order valence-corrected chi connectivity index (χ1v) is 11.3. The van der Waals surface area contributed by atoms with Gasteiger partial charge in [-0.2, -0.15) is 0 Å². The summed E-state index contributed by atoms with van der Waals surface area (Å²) >= 11 is 1.48. The van der Waals surface area contributed by atoms with Crippen molar-refractivity contribution in [1.82, 2.24) is 14.9 Å². The number of fused-ring (bicyclic) bond motifs is 1. The minimum Gasteiger partial charge on any atom is -0.389 e. The lowest BCUT2D eigenvalue weighted by molar-refractivity contribution is -0.0111. The number of nitrogens with one attached hydrogen (secondary N) is 1. The van der Waals surface area contributed by atoms with Crippen LogP contribution in [0.2, 0.25) is 0 Å². The zero-order valence-electron chi connectivity index (χ0n) is 18.1. The highest BCUT2D eigenvalue weighted by Crippen LogP contribution is 2.30. The van der Waals surface area contributed by atoms with Crippen LogP contribution in [0.15, 0.2) is 40.5 Å². The Labute approximate surface area is 181 Å². The summed E-state index contributed by atoms with van der Waals surface area (Å²) in [6.07, 6.45) is -0.510. The van der Waals surface area contributed by atoms with Crippen LogP contribution in [0.5, 0.6) is 0 Å². The lowest BCUT2D eigenvalue weighted by Crippen LogP contribution is -2.38. The Hall–Kier alpha value is -2.06. The fourth-order valence-corrected chi connectivity index (χ4v) is 4.45. The third kappa shape index (κ3) is 5.98. The summed E-state index contributed by atoms with van der Waals surface area (Å²) in [6.45, 7) is 10.2. The maximum atomic E-state index is 12.9. The van der Waals surface area contributed by atoms with E-state index in [1.54, 1.807) is 0 Å². The van der Waals surface area contributed by atoms with Crippen molar-refractivity contribution in [2.75, 3.05) is 19.7 Å². The fourth-order valence-electron chi connectivity index (χ4n) is 3.48. The minimum atomic E-state index is -0.590. The molecule has 0 radical (unpaired) electrons. The zero-order chi connectivity index (χ0) is 21.7. The molecular weight excluding hydrogens is 398 g/mol. The molecule has 0 aliphatic heterocycles. The van der Waals surface area contributed by atoms with Gasteiger partial charge in [-0.15, -0.1) is 11.3 Å². The molecule has 7 heteroatoms. The predicted octanol–water partition coefficient (Wildman–Crippen LogP) is 3.90. The number of nitrogens with zero attached hydrogens (tertiary/aromatic N) is 2. The number of ether oxygens (including phenoxy) is 1. The maximum Gasteiger partial charge on any atom is 0.260 e. The molecule has 0 fully saturated rings. The van der Waals surface area contributed by atoms with Crippen molar-refractivity contribution in [2.24, 2.45) is 5.92 Å². The highest BCUT2D eigenvalue weighted by atomic mass is 32.1. The summed E-state index contributed by atoms with van der Waals surface area (Å²) in [4.78, 5) is 23.4. The predicted molar refractivity (Wildman–Crippen MR) is 123 cm³/mol. The molecule has 0 saturated carbocycles. The molecule has 1 aromatic carbocycles. The van der Waals surface area contributed by atoms with Crippen LogP contribution in [0.3, 0.4) is 0 Å². The average Bonchev–Trinajstić information content (AvgIpc) is 3.11. The molecule has 0 amide bonds. The van der Waals surface area contributed by atoms with Gasteiger partial charge in [0.1, 0.15) is 10.7 Å². The smallest absolute Gasteiger partial charge is 0.260 e. The van der Waals surface area contributed by atoms with Crippen LogP contribution in [-0.4, -0.2) is 51.9 Å². The van der Waals surface area contributed by atoms with E-state index in [2.05, 4.69) is 23.7 Å². The van der Waals surface area contributed by atoms with Crippen LogP contribution < -0.4 is 5.56 Å². The van der Waals surface area contributed by atoms with Crippen molar-refractivity contribution in [3.8, 4) is 11.1 Å². The van der Waals surface area contributed by atoms with E-state index in [1.807, 2.05) is 49.6 Å². The molecule has 0 spiro atoms. The Morgan fingerprint density at radius 1 is 1.17 bits per heavy atom. The topological polar surface area (TPSA) is 78.5 Å². The fraction of sp³-hybridized carbons (Fsp3) is 0.478. The molecule has 3 aromatic rings. The van der Waals surface area contributed by atoms with Crippen molar-refractivity contribution in [1.29, 1.82) is 0 Å². The Kier molecular flexibility index (Phi) is 7.77. The summed E-state index contributed by atoms with van der Waals surface area (Å²) in [5.74, 6) is 1.04. The summed E-state index contributed by atoms with van der Waals surface area (Å²) in [6, 6.07) is 9.89. The van der Waals surface area contributed by atoms with E-state index < -0.39 is 6.10 Å². The molecule has 30 heavy (non-hydrogen) atoms. The van der Waals surface area contributed by atoms with Crippen LogP contribution in [0.4, 0.5) is 0 Å². The normalized spacial score (nSPS) is 13.1. The number of rotatable bonds is 10. The van der Waals surface area contributed by atoms with E-state index in [1.165, 1.54) is 11.3 Å². The van der Waals surface area contributed by atoms with Gasteiger partial charge in [0, 0.05) is 24.0 Å². The monoisotopic (exact) mass is 429 g/mol. The number of benzene rings is 1. The van der Waals surface area contributed by atoms with Crippen LogP contribution >= 0.6 is 11.3 Å². The van der Waals surface area contributed by atoms with Crippen molar-refractivity contribution in [3.63, 3.8) is 0 Å². The first-order valence-electron chi connectivity index (χ1n) is 10.4. The minimum absolute atomic E-state index is 0.0799. The van der Waals surface area contributed by atoms with Gasteiger partial charge in [0.05, 0.1) is 30.7 Å². The molecule has 0 aliphatic carbocycles. The summed E-state index contributed by atoms with van der Waals surface area (Å²) in [5.41, 5.74) is 1.80. The van der Waals surface area contributed by atoms with E-state index >= 15 is 0 Å². The average molecular weight is 430 g/mol. The van der Waals surface area contributed by atoms with Gasteiger partial charge in [-0.3, -0.25) is 9.69 Å². The molecular formula is C23H31N3O3S. The first-order chi connectivity index (χ1) is 14.3. The van der Waals surface area contributed by atoms with E-state index in [-0.39, 0.29) is 11.7 Å². The molecule has 2 N–H and O–H groups in total. The van der Waals surface area contributed by atoms with E-state index in [4.69, 9.17) is 9.72 Å². The Balaban J connectivity index is 1.81. The van der Waals surface area contributed by atoms with Crippen molar-refractivity contribution in [3.05, 3.63) is 51.9 Å². The molecule has 162 valence electrons. The van der Waals surface area contributed by atoms with Gasteiger partial charge in [0.2, 0.25) is 0 Å². The third-order valence-corrected chi connectivity index (χ3v) is 5.54. The van der Waals surface area contributed by atoms with Crippen molar-refractivity contribution < 1.29 is 9.84 Å². The zero-order valence-corrected chi connectivity index (χ0v) is 18.9. The second kappa shape index (κ2) is 10.3. The Morgan fingerprint density at radius 3 is 2.57 bits per heavy atom. The number of hydrogen-bond donors (Lipinski definition) is 2. The Bertz CT molecular complexity index is 998. The SMILES string of the molecule is CC(C)CN(Cc1nc2scc(-c3ccccc3)c2c(=O)[nH]1)CC(O)COC(C)C. The van der Waals surface area contributed by atoms with Gasteiger partial charge in [0.15, 0.2) is 0 Å². The highest BCUT2D eigenvalue weighted by Gasteiger charge is 2.18. The van der Waals surface area contributed by atoms with Gasteiger partial charge >= 0.3 is 0 Å². The van der Waals surface area contributed by atoms with Gasteiger partial charge in [-0.25, -0.2) is 4.98 Å². The molecule has 6 nitrogen and oxygen atoms in total.